The fourth-order valence-corrected chi connectivity index (χ4v) is 2.28. The van der Waals surface area contributed by atoms with Crippen LogP contribution in [0, 0.1) is 6.73 Å². The minimum Gasteiger partial charge on any atom is -0.699 e. The van der Waals surface area contributed by atoms with Gasteiger partial charge in [-0.3, -0.25) is 4.79 Å². The summed E-state index contributed by atoms with van der Waals surface area (Å²) in [7, 11) is 1.55. The predicted octanol–water partition coefficient (Wildman–Crippen LogP) is 2.53. The summed E-state index contributed by atoms with van der Waals surface area (Å²) in [4.78, 5) is 13.7. The van der Waals surface area contributed by atoms with Crippen LogP contribution in [0.4, 0.5) is 11.4 Å². The third kappa shape index (κ3) is 2.21. The molecule has 0 spiro atoms. The van der Waals surface area contributed by atoms with E-state index < -0.39 is 6.10 Å². The van der Waals surface area contributed by atoms with E-state index in [0.717, 1.165) is 16.5 Å². The average Bonchev–Trinajstić information content (AvgIpc) is 2.80. The molecule has 1 fully saturated rings. The topological polar surface area (TPSA) is 66.1 Å². The first-order valence-electron chi connectivity index (χ1n) is 6.30. The highest BCUT2D eigenvalue weighted by Gasteiger charge is 2.31. The Balaban J connectivity index is 1.93. The van der Waals surface area contributed by atoms with E-state index >= 15 is 0 Å². The van der Waals surface area contributed by atoms with Crippen molar-refractivity contribution in [1.82, 2.24) is 0 Å². The van der Waals surface area contributed by atoms with E-state index in [0.29, 0.717) is 5.69 Å². The minimum absolute atomic E-state index is 0.0896. The molecule has 0 saturated carbocycles. The van der Waals surface area contributed by atoms with Crippen LogP contribution >= 0.6 is 0 Å². The first-order chi connectivity index (χ1) is 9.69. The van der Waals surface area contributed by atoms with Gasteiger partial charge in [0.2, 0.25) is 6.10 Å². The van der Waals surface area contributed by atoms with Crippen molar-refractivity contribution in [2.75, 3.05) is 18.6 Å². The van der Waals surface area contributed by atoms with Gasteiger partial charge in [-0.05, 0) is 22.9 Å². The molecule has 0 aliphatic carbocycles. The van der Waals surface area contributed by atoms with Gasteiger partial charge in [0.1, 0.15) is 6.61 Å². The Morgan fingerprint density at radius 2 is 2.10 bits per heavy atom. The highest BCUT2D eigenvalue weighted by molar-refractivity contribution is 6.01. The predicted molar refractivity (Wildman–Crippen MR) is 77.6 cm³/mol. The van der Waals surface area contributed by atoms with E-state index in [1.165, 1.54) is 11.6 Å². The molecule has 1 aliphatic heterocycles. The number of aliphatic hydroxyl groups is 2. The zero-order chi connectivity index (χ0) is 14.1. The van der Waals surface area contributed by atoms with Crippen molar-refractivity contribution < 1.29 is 14.3 Å². The molecule has 0 aromatic heterocycles. The summed E-state index contributed by atoms with van der Waals surface area (Å²) in [5.74, 6) is -0.0896. The molecule has 1 aliphatic rings. The SMILES string of the molecule is COCC1[OH+][CH-]N(c2ccc3ccc([NH-])cc3c2)C1=O. The lowest BCUT2D eigenvalue weighted by Gasteiger charge is -2.20. The van der Waals surface area contributed by atoms with Crippen molar-refractivity contribution >= 4 is 28.1 Å². The van der Waals surface area contributed by atoms with Crippen molar-refractivity contribution in [2.45, 2.75) is 6.10 Å². The minimum atomic E-state index is -0.460. The first-order valence-corrected chi connectivity index (χ1v) is 6.30. The van der Waals surface area contributed by atoms with E-state index in [9.17, 15) is 4.79 Å². The Bertz CT molecular complexity index is 657. The molecule has 1 heterocycles. The molecule has 0 radical (unpaired) electrons. The van der Waals surface area contributed by atoms with Gasteiger partial charge in [-0.1, -0.05) is 24.3 Å². The molecule has 5 heteroatoms. The van der Waals surface area contributed by atoms with Gasteiger partial charge < -0.3 is 20.1 Å². The Hall–Kier alpha value is -2.11. The van der Waals surface area contributed by atoms with Crippen LogP contribution < -0.4 is 4.90 Å². The van der Waals surface area contributed by atoms with Gasteiger partial charge in [0.05, 0.1) is 0 Å². The number of nitrogens with zero attached hydrogens (tertiary/aromatic N) is 1. The molecule has 5 nitrogen and oxygen atoms in total. The molecule has 104 valence electrons. The quantitative estimate of drug-likeness (QED) is 0.636. The van der Waals surface area contributed by atoms with Crippen LogP contribution in [0.1, 0.15) is 0 Å². The van der Waals surface area contributed by atoms with E-state index in [2.05, 4.69) is 4.74 Å². The number of methoxy groups -OCH3 is 1. The van der Waals surface area contributed by atoms with Crippen LogP contribution in [-0.4, -0.2) is 30.5 Å². The molecule has 1 saturated heterocycles. The number of ether oxygens (including phenoxy) is 2. The molecular weight excluding hydrogens is 256 g/mol. The fourth-order valence-electron chi connectivity index (χ4n) is 2.28. The number of rotatable bonds is 3. The molecule has 1 amide bonds. The summed E-state index contributed by atoms with van der Waals surface area (Å²) >= 11 is 0. The van der Waals surface area contributed by atoms with Gasteiger partial charge in [-0.15, -0.1) is 5.69 Å². The lowest BCUT2D eigenvalue weighted by molar-refractivity contribution is -0.133. The zero-order valence-corrected chi connectivity index (χ0v) is 11.0. The second-order valence-corrected chi connectivity index (χ2v) is 4.69. The average molecular weight is 271 g/mol. The standard InChI is InChI=1S/C15H15N2O3/c1-19-8-14-15(18)17(9-20-14)13-5-3-10-2-4-12(16)6-11(10)7-13/h2-7,9,14,16,20H,8H2,1H3/q-1. The normalized spacial score (nSPS) is 18.9. The highest BCUT2D eigenvalue weighted by atomic mass is 16.6. The summed E-state index contributed by atoms with van der Waals surface area (Å²) in [5.41, 5.74) is 8.87. The highest BCUT2D eigenvalue weighted by Crippen LogP contribution is 2.28. The van der Waals surface area contributed by atoms with Crippen LogP contribution in [0.2, 0.25) is 0 Å². The van der Waals surface area contributed by atoms with Gasteiger partial charge in [0, 0.05) is 19.5 Å². The lowest BCUT2D eigenvalue weighted by atomic mass is 10.1. The van der Waals surface area contributed by atoms with Gasteiger partial charge in [0.15, 0.2) is 0 Å². The van der Waals surface area contributed by atoms with Crippen molar-refractivity contribution in [3.63, 3.8) is 0 Å². The Morgan fingerprint density at radius 3 is 2.90 bits per heavy atom. The van der Waals surface area contributed by atoms with Crippen molar-refractivity contribution in [2.24, 2.45) is 0 Å². The second kappa shape index (κ2) is 5.11. The summed E-state index contributed by atoms with van der Waals surface area (Å²) in [6.07, 6.45) is -0.460. The largest absolute Gasteiger partial charge is 0.699 e. The fraction of sp³-hybridized carbons (Fsp3) is 0.200. The van der Waals surface area contributed by atoms with Gasteiger partial charge in [0.25, 0.3) is 5.91 Å². The maximum atomic E-state index is 12.2. The van der Waals surface area contributed by atoms with Gasteiger partial charge >= 0.3 is 0 Å². The summed E-state index contributed by atoms with van der Waals surface area (Å²) in [6.45, 7) is 1.83. The lowest BCUT2D eigenvalue weighted by Crippen LogP contribution is -2.31. The number of benzene rings is 2. The number of nitrogens with one attached hydrogen (secondary N) is 1. The van der Waals surface area contributed by atoms with E-state index in [1.807, 2.05) is 24.3 Å². The van der Waals surface area contributed by atoms with Crippen molar-refractivity contribution in [3.8, 4) is 0 Å². The number of amides is 1. The third-order valence-electron chi connectivity index (χ3n) is 3.31. The Kier molecular flexibility index (Phi) is 3.30. The van der Waals surface area contributed by atoms with Crippen LogP contribution in [0.15, 0.2) is 36.4 Å². The molecule has 1 unspecified atom stereocenters. The van der Waals surface area contributed by atoms with E-state index in [1.54, 1.807) is 19.2 Å². The van der Waals surface area contributed by atoms with Crippen molar-refractivity contribution in [3.05, 3.63) is 48.9 Å². The maximum Gasteiger partial charge on any atom is 0.283 e. The third-order valence-corrected chi connectivity index (χ3v) is 3.31. The summed E-state index contributed by atoms with van der Waals surface area (Å²) in [5, 5.41) is 1.98. The van der Waals surface area contributed by atoms with Crippen LogP contribution in [0.5, 0.6) is 0 Å². The molecule has 3 rings (SSSR count). The zero-order valence-electron chi connectivity index (χ0n) is 11.0. The Labute approximate surface area is 116 Å². The molecule has 0 bridgehead atoms. The smallest absolute Gasteiger partial charge is 0.283 e. The second-order valence-electron chi connectivity index (χ2n) is 4.69. The molecule has 2 aromatic carbocycles. The van der Waals surface area contributed by atoms with Gasteiger partial charge in [-0.2, -0.15) is 0 Å². The van der Waals surface area contributed by atoms with Crippen LogP contribution in [0.3, 0.4) is 0 Å². The number of hydrogen-bond donors (Lipinski definition) is 0. The molecule has 2 aromatic rings. The van der Waals surface area contributed by atoms with Crippen LogP contribution in [-0.2, 0) is 9.53 Å². The Morgan fingerprint density at radius 1 is 1.30 bits per heavy atom. The number of carbonyl (C=O) groups excluding carboxylic acids is 1. The van der Waals surface area contributed by atoms with Gasteiger partial charge in [-0.25, -0.2) is 0 Å². The molecule has 20 heavy (non-hydrogen) atoms. The number of anilines is 1. The number of fused-ring (bicyclic) bond motifs is 1. The molecule has 2 N–H and O–H groups in total. The summed E-state index contributed by atoms with van der Waals surface area (Å²) in [6, 6.07) is 11.1. The van der Waals surface area contributed by atoms with Crippen molar-refractivity contribution in [1.29, 1.82) is 0 Å². The van der Waals surface area contributed by atoms with Crippen LogP contribution in [0.25, 0.3) is 16.5 Å². The summed E-state index contributed by atoms with van der Waals surface area (Å²) < 4.78 is 9.13. The molecule has 1 atom stereocenters. The number of carbonyl (C=O) groups is 1. The monoisotopic (exact) mass is 271 g/mol. The van der Waals surface area contributed by atoms with E-state index in [-0.39, 0.29) is 12.5 Å². The molecular formula is C15H15N2O3-. The van der Waals surface area contributed by atoms with E-state index in [4.69, 9.17) is 10.5 Å². The maximum absolute atomic E-state index is 12.2. The first kappa shape index (κ1) is 12.9. The number of hydrogen-bond acceptors (Lipinski definition) is 2.